The third-order valence-corrected chi connectivity index (χ3v) is 7.30. The second-order valence-electron chi connectivity index (χ2n) is 8.06. The third-order valence-electron chi connectivity index (χ3n) is 7.30. The zero-order valence-corrected chi connectivity index (χ0v) is 11.3. The van der Waals surface area contributed by atoms with Crippen LogP contribution in [0.25, 0.3) is 0 Å². The predicted octanol–water partition coefficient (Wildman–Crippen LogP) is 4.35. The SMILES string of the molecule is CC(C)C1CC12C(C)CC2C1CC12CC2C. The molecule has 0 radical (unpaired) electrons. The fourth-order valence-corrected chi connectivity index (χ4v) is 5.94. The molecule has 4 saturated carbocycles. The van der Waals surface area contributed by atoms with E-state index in [4.69, 9.17) is 0 Å². The Balaban J connectivity index is 1.52. The van der Waals surface area contributed by atoms with Gasteiger partial charge in [0, 0.05) is 0 Å². The molecule has 4 aliphatic carbocycles. The first-order valence-electron chi connectivity index (χ1n) is 7.52. The van der Waals surface area contributed by atoms with Crippen LogP contribution in [-0.4, -0.2) is 0 Å². The highest BCUT2D eigenvalue weighted by atomic mass is 14.8. The number of hydrogen-bond donors (Lipinski definition) is 0. The van der Waals surface area contributed by atoms with Gasteiger partial charge < -0.3 is 0 Å². The Morgan fingerprint density at radius 2 is 1.62 bits per heavy atom. The first-order valence-corrected chi connectivity index (χ1v) is 7.52. The number of hydrogen-bond acceptors (Lipinski definition) is 0. The van der Waals surface area contributed by atoms with Crippen LogP contribution in [0.3, 0.4) is 0 Å². The molecule has 2 spiro atoms. The lowest BCUT2D eigenvalue weighted by atomic mass is 9.58. The van der Waals surface area contributed by atoms with Gasteiger partial charge in [-0.05, 0) is 72.0 Å². The quantitative estimate of drug-likeness (QED) is 0.646. The molecule has 4 fully saturated rings. The van der Waals surface area contributed by atoms with Gasteiger partial charge in [0.25, 0.3) is 0 Å². The average molecular weight is 218 g/mol. The molecule has 0 heterocycles. The molecule has 0 aromatic carbocycles. The zero-order valence-electron chi connectivity index (χ0n) is 11.3. The van der Waals surface area contributed by atoms with Gasteiger partial charge in [-0.2, -0.15) is 0 Å². The van der Waals surface area contributed by atoms with Crippen molar-refractivity contribution in [1.29, 1.82) is 0 Å². The van der Waals surface area contributed by atoms with Gasteiger partial charge >= 0.3 is 0 Å². The Kier molecular flexibility index (Phi) is 1.59. The third kappa shape index (κ3) is 0.910. The molecule has 0 nitrogen and oxygen atoms in total. The van der Waals surface area contributed by atoms with Crippen LogP contribution >= 0.6 is 0 Å². The highest BCUT2D eigenvalue weighted by Crippen LogP contribution is 2.85. The summed E-state index contributed by atoms with van der Waals surface area (Å²) in [5.74, 6) is 6.49. The maximum Gasteiger partial charge on any atom is -0.0207 e. The van der Waals surface area contributed by atoms with E-state index in [0.717, 1.165) is 40.4 Å². The van der Waals surface area contributed by atoms with Crippen LogP contribution in [0.4, 0.5) is 0 Å². The zero-order chi connectivity index (χ0) is 11.3. The van der Waals surface area contributed by atoms with Crippen LogP contribution in [0.2, 0.25) is 0 Å². The van der Waals surface area contributed by atoms with E-state index in [0.29, 0.717) is 0 Å². The van der Waals surface area contributed by atoms with Gasteiger partial charge in [0.15, 0.2) is 0 Å². The first kappa shape index (κ1) is 9.97. The fourth-order valence-electron chi connectivity index (χ4n) is 5.94. The van der Waals surface area contributed by atoms with Crippen LogP contribution in [0.15, 0.2) is 0 Å². The molecule has 0 bridgehead atoms. The van der Waals surface area contributed by atoms with E-state index in [2.05, 4.69) is 27.7 Å². The van der Waals surface area contributed by atoms with Crippen molar-refractivity contribution >= 4 is 0 Å². The Labute approximate surface area is 100 Å². The summed E-state index contributed by atoms with van der Waals surface area (Å²) in [6.45, 7) is 9.92. The van der Waals surface area contributed by atoms with Gasteiger partial charge in [0.05, 0.1) is 0 Å². The molecular formula is C16H26. The molecular weight excluding hydrogens is 192 g/mol. The summed E-state index contributed by atoms with van der Waals surface area (Å²) in [7, 11) is 0. The molecule has 0 heteroatoms. The molecule has 16 heavy (non-hydrogen) atoms. The molecule has 0 saturated heterocycles. The molecule has 7 unspecified atom stereocenters. The normalized spacial score (nSPS) is 66.2. The highest BCUT2D eigenvalue weighted by Gasteiger charge is 2.78. The van der Waals surface area contributed by atoms with E-state index in [1.54, 1.807) is 25.7 Å². The van der Waals surface area contributed by atoms with Gasteiger partial charge in [-0.3, -0.25) is 0 Å². The standard InChI is InChI=1S/C16H26/c1-9(2)13-8-16(13)10(3)5-12(16)14-7-15(14)6-11(15)4/h9-14H,5-8H2,1-4H3. The van der Waals surface area contributed by atoms with Crippen molar-refractivity contribution in [3.63, 3.8) is 0 Å². The molecule has 4 rings (SSSR count). The molecule has 0 aromatic heterocycles. The minimum absolute atomic E-state index is 0.852. The molecule has 0 N–H and O–H groups in total. The van der Waals surface area contributed by atoms with Gasteiger partial charge in [0.1, 0.15) is 0 Å². The highest BCUT2D eigenvalue weighted by molar-refractivity contribution is 5.27. The molecule has 7 atom stereocenters. The van der Waals surface area contributed by atoms with Crippen molar-refractivity contribution in [2.45, 2.75) is 53.4 Å². The predicted molar refractivity (Wildman–Crippen MR) is 67.0 cm³/mol. The second kappa shape index (κ2) is 2.54. The topological polar surface area (TPSA) is 0 Å². The summed E-state index contributed by atoms with van der Waals surface area (Å²) in [6, 6.07) is 0. The molecule has 4 aliphatic rings. The fraction of sp³-hybridized carbons (Fsp3) is 1.00. The van der Waals surface area contributed by atoms with Crippen molar-refractivity contribution < 1.29 is 0 Å². The van der Waals surface area contributed by atoms with Gasteiger partial charge in [-0.25, -0.2) is 0 Å². The number of rotatable bonds is 2. The lowest BCUT2D eigenvalue weighted by Gasteiger charge is -2.47. The van der Waals surface area contributed by atoms with Gasteiger partial charge in [-0.1, -0.05) is 27.7 Å². The molecule has 0 aromatic rings. The lowest BCUT2D eigenvalue weighted by molar-refractivity contribution is 0.0120. The lowest BCUT2D eigenvalue weighted by Crippen LogP contribution is -2.41. The van der Waals surface area contributed by atoms with Crippen LogP contribution in [0, 0.1) is 46.3 Å². The van der Waals surface area contributed by atoms with Gasteiger partial charge in [0.2, 0.25) is 0 Å². The largest absolute Gasteiger partial charge is 0.0625 e. The second-order valence-corrected chi connectivity index (χ2v) is 8.06. The van der Waals surface area contributed by atoms with Crippen molar-refractivity contribution in [2.75, 3.05) is 0 Å². The summed E-state index contributed by atoms with van der Waals surface area (Å²) >= 11 is 0. The van der Waals surface area contributed by atoms with Crippen LogP contribution in [0.5, 0.6) is 0 Å². The van der Waals surface area contributed by atoms with E-state index >= 15 is 0 Å². The van der Waals surface area contributed by atoms with E-state index in [-0.39, 0.29) is 0 Å². The van der Waals surface area contributed by atoms with E-state index < -0.39 is 0 Å². The summed E-state index contributed by atoms with van der Waals surface area (Å²) in [5, 5.41) is 0. The summed E-state index contributed by atoms with van der Waals surface area (Å²) in [5.41, 5.74) is 1.76. The smallest absolute Gasteiger partial charge is 0.0207 e. The van der Waals surface area contributed by atoms with Gasteiger partial charge in [-0.15, -0.1) is 0 Å². The van der Waals surface area contributed by atoms with Crippen molar-refractivity contribution in [2.24, 2.45) is 46.3 Å². The Hall–Kier alpha value is 0. The first-order chi connectivity index (χ1) is 7.52. The molecule has 0 amide bonds. The minimum atomic E-state index is 0.852. The Bertz CT molecular complexity index is 344. The Morgan fingerprint density at radius 3 is 2.00 bits per heavy atom. The van der Waals surface area contributed by atoms with Crippen LogP contribution < -0.4 is 0 Å². The van der Waals surface area contributed by atoms with E-state index in [9.17, 15) is 0 Å². The van der Waals surface area contributed by atoms with Crippen LogP contribution in [-0.2, 0) is 0 Å². The van der Waals surface area contributed by atoms with E-state index in [1.165, 1.54) is 5.92 Å². The summed E-state index contributed by atoms with van der Waals surface area (Å²) < 4.78 is 0. The Morgan fingerprint density at radius 1 is 0.938 bits per heavy atom. The van der Waals surface area contributed by atoms with Crippen molar-refractivity contribution in [1.82, 2.24) is 0 Å². The van der Waals surface area contributed by atoms with Crippen molar-refractivity contribution in [3.8, 4) is 0 Å². The maximum absolute atomic E-state index is 2.53. The van der Waals surface area contributed by atoms with Crippen molar-refractivity contribution in [3.05, 3.63) is 0 Å². The molecule has 90 valence electrons. The van der Waals surface area contributed by atoms with Crippen LogP contribution in [0.1, 0.15) is 53.4 Å². The summed E-state index contributed by atoms with van der Waals surface area (Å²) in [4.78, 5) is 0. The maximum atomic E-state index is 2.53. The minimum Gasteiger partial charge on any atom is -0.0625 e. The van der Waals surface area contributed by atoms with E-state index in [1.807, 2.05) is 0 Å². The summed E-state index contributed by atoms with van der Waals surface area (Å²) in [6.07, 6.45) is 6.34. The monoisotopic (exact) mass is 218 g/mol. The molecule has 0 aliphatic heterocycles. The average Bonchev–Trinajstić information content (AvgIpc) is 3.07.